The maximum Gasteiger partial charge on any atom is 0.139 e. The molecule has 0 amide bonds. The third-order valence-corrected chi connectivity index (χ3v) is 2.65. The molecule has 0 aliphatic heterocycles. The van der Waals surface area contributed by atoms with Crippen LogP contribution < -0.4 is 5.73 Å². The number of nitrogens with two attached hydrogens (primary N) is 1. The number of phenolic OH excluding ortho intramolecular Hbond substituents is 1. The van der Waals surface area contributed by atoms with E-state index in [1.807, 2.05) is 6.92 Å². The van der Waals surface area contributed by atoms with Crippen LogP contribution in [0.25, 0.3) is 0 Å². The highest BCUT2D eigenvalue weighted by Gasteiger charge is 2.15. The zero-order valence-corrected chi connectivity index (χ0v) is 9.46. The molecule has 84 valence electrons. The Morgan fingerprint density at radius 2 is 2.13 bits per heavy atom. The summed E-state index contributed by atoms with van der Waals surface area (Å²) in [5, 5.41) is 19.7. The van der Waals surface area contributed by atoms with Crippen molar-refractivity contribution >= 4 is 11.6 Å². The highest BCUT2D eigenvalue weighted by Crippen LogP contribution is 2.34. The molecule has 1 aromatic carbocycles. The largest absolute Gasteiger partial charge is 0.506 e. The Balaban J connectivity index is 3.09. The molecular weight excluding hydrogens is 214 g/mol. The first-order valence-corrected chi connectivity index (χ1v) is 5.37. The van der Waals surface area contributed by atoms with Crippen LogP contribution in [0.4, 0.5) is 0 Å². The van der Waals surface area contributed by atoms with Gasteiger partial charge in [0.05, 0.1) is 11.1 Å². The minimum Gasteiger partial charge on any atom is -0.506 e. The number of rotatable bonds is 4. The number of halogens is 1. The van der Waals surface area contributed by atoms with E-state index in [9.17, 15) is 10.2 Å². The lowest BCUT2D eigenvalue weighted by atomic mass is 10.0. The highest BCUT2D eigenvalue weighted by atomic mass is 35.5. The Hall–Kier alpha value is -0.770. The second-order valence-corrected chi connectivity index (χ2v) is 3.87. The summed E-state index contributed by atoms with van der Waals surface area (Å²) in [4.78, 5) is 0. The predicted octanol–water partition coefficient (Wildman–Crippen LogP) is 1.99. The fourth-order valence-electron chi connectivity index (χ4n) is 1.45. The molecule has 0 saturated heterocycles. The molecule has 0 heterocycles. The lowest BCUT2D eigenvalue weighted by Crippen LogP contribution is -2.07. The Morgan fingerprint density at radius 1 is 1.47 bits per heavy atom. The molecule has 0 bridgehead atoms. The molecule has 1 aromatic rings. The molecule has 0 radical (unpaired) electrons. The van der Waals surface area contributed by atoms with Gasteiger partial charge in [0.15, 0.2) is 0 Å². The second-order valence-electron chi connectivity index (χ2n) is 3.46. The van der Waals surface area contributed by atoms with Crippen molar-refractivity contribution in [3.63, 3.8) is 0 Å². The summed E-state index contributed by atoms with van der Waals surface area (Å²) in [6.07, 6.45) is 0.471. The average Bonchev–Trinajstić information content (AvgIpc) is 2.22. The molecular formula is C11H16ClNO2. The molecule has 0 fully saturated rings. The summed E-state index contributed by atoms with van der Waals surface area (Å²) in [6.45, 7) is 2.36. The van der Waals surface area contributed by atoms with Crippen LogP contribution in [0.1, 0.15) is 30.6 Å². The molecule has 4 heteroatoms. The summed E-state index contributed by atoms with van der Waals surface area (Å²) in [5.41, 5.74) is 6.80. The average molecular weight is 230 g/mol. The minimum atomic E-state index is -0.751. The van der Waals surface area contributed by atoms with E-state index in [2.05, 4.69) is 0 Å². The number of aliphatic hydroxyl groups is 1. The molecule has 3 nitrogen and oxygen atoms in total. The van der Waals surface area contributed by atoms with Gasteiger partial charge in [-0.05, 0) is 37.1 Å². The van der Waals surface area contributed by atoms with Crippen LogP contribution in [0.2, 0.25) is 5.02 Å². The Morgan fingerprint density at radius 3 is 2.67 bits per heavy atom. The Labute approximate surface area is 94.5 Å². The zero-order chi connectivity index (χ0) is 11.4. The summed E-state index contributed by atoms with van der Waals surface area (Å²) < 4.78 is 0. The molecule has 0 saturated carbocycles. The fraction of sp³-hybridized carbons (Fsp3) is 0.455. The van der Waals surface area contributed by atoms with Crippen molar-refractivity contribution in [1.82, 2.24) is 0 Å². The molecule has 15 heavy (non-hydrogen) atoms. The van der Waals surface area contributed by atoms with E-state index in [-0.39, 0.29) is 10.8 Å². The maximum atomic E-state index is 9.75. The van der Waals surface area contributed by atoms with Gasteiger partial charge in [-0.2, -0.15) is 0 Å². The molecule has 1 atom stereocenters. The van der Waals surface area contributed by atoms with Gasteiger partial charge in [-0.1, -0.05) is 18.5 Å². The number of aromatic hydroxyl groups is 1. The van der Waals surface area contributed by atoms with Crippen molar-refractivity contribution in [3.05, 3.63) is 28.3 Å². The predicted molar refractivity (Wildman–Crippen MR) is 61.1 cm³/mol. The van der Waals surface area contributed by atoms with E-state index in [0.29, 0.717) is 18.5 Å². The standard InChI is InChI=1S/C11H16ClNO2/c1-2-7-5-8(10(14)3-4-13)11(15)9(12)6-7/h5-6,10,14-15H,2-4,13H2,1H3. The number of aryl methyl sites for hydroxylation is 1. The van der Waals surface area contributed by atoms with Crippen LogP contribution in [-0.4, -0.2) is 16.8 Å². The lowest BCUT2D eigenvalue weighted by Gasteiger charge is -2.14. The second kappa shape index (κ2) is 5.35. The van der Waals surface area contributed by atoms with Crippen LogP contribution in [0.3, 0.4) is 0 Å². The maximum absolute atomic E-state index is 9.75. The van der Waals surface area contributed by atoms with E-state index >= 15 is 0 Å². The molecule has 1 rings (SSSR count). The number of benzene rings is 1. The van der Waals surface area contributed by atoms with E-state index in [1.165, 1.54) is 0 Å². The van der Waals surface area contributed by atoms with Gasteiger partial charge in [-0.15, -0.1) is 0 Å². The van der Waals surface area contributed by atoms with Gasteiger partial charge in [0.2, 0.25) is 0 Å². The number of aliphatic hydroxyl groups excluding tert-OH is 1. The normalized spacial score (nSPS) is 12.8. The Bertz CT molecular complexity index is 342. The van der Waals surface area contributed by atoms with Gasteiger partial charge in [-0.25, -0.2) is 0 Å². The quantitative estimate of drug-likeness (QED) is 0.740. The van der Waals surface area contributed by atoms with Crippen molar-refractivity contribution in [2.75, 3.05) is 6.54 Å². The summed E-state index contributed by atoms with van der Waals surface area (Å²) in [5.74, 6) is -0.0465. The van der Waals surface area contributed by atoms with Crippen molar-refractivity contribution in [1.29, 1.82) is 0 Å². The third-order valence-electron chi connectivity index (χ3n) is 2.36. The van der Waals surface area contributed by atoms with Crippen molar-refractivity contribution in [2.45, 2.75) is 25.9 Å². The minimum absolute atomic E-state index is 0.0465. The van der Waals surface area contributed by atoms with Gasteiger partial charge in [0.25, 0.3) is 0 Å². The first kappa shape index (κ1) is 12.3. The topological polar surface area (TPSA) is 66.5 Å². The van der Waals surface area contributed by atoms with Gasteiger partial charge >= 0.3 is 0 Å². The van der Waals surface area contributed by atoms with Gasteiger partial charge in [0, 0.05) is 5.56 Å². The molecule has 1 unspecified atom stereocenters. The van der Waals surface area contributed by atoms with Gasteiger partial charge in [0.1, 0.15) is 5.75 Å². The van der Waals surface area contributed by atoms with Gasteiger partial charge in [-0.3, -0.25) is 0 Å². The first-order chi connectivity index (χ1) is 7.10. The summed E-state index contributed by atoms with van der Waals surface area (Å²) >= 11 is 5.85. The molecule has 0 aliphatic rings. The molecule has 0 aromatic heterocycles. The lowest BCUT2D eigenvalue weighted by molar-refractivity contribution is 0.166. The van der Waals surface area contributed by atoms with Crippen molar-refractivity contribution in [3.8, 4) is 5.75 Å². The van der Waals surface area contributed by atoms with Crippen LogP contribution in [0, 0.1) is 0 Å². The Kier molecular flexibility index (Phi) is 4.39. The van der Waals surface area contributed by atoms with Crippen LogP contribution in [0.15, 0.2) is 12.1 Å². The number of phenols is 1. The molecule has 0 spiro atoms. The van der Waals surface area contributed by atoms with E-state index in [4.69, 9.17) is 17.3 Å². The van der Waals surface area contributed by atoms with Crippen LogP contribution in [-0.2, 0) is 6.42 Å². The number of hydrogen-bond donors (Lipinski definition) is 3. The zero-order valence-electron chi connectivity index (χ0n) is 8.70. The van der Waals surface area contributed by atoms with Crippen LogP contribution >= 0.6 is 11.6 Å². The first-order valence-electron chi connectivity index (χ1n) is 4.99. The summed E-state index contributed by atoms with van der Waals surface area (Å²) in [7, 11) is 0. The van der Waals surface area contributed by atoms with Crippen LogP contribution in [0.5, 0.6) is 5.75 Å². The smallest absolute Gasteiger partial charge is 0.139 e. The SMILES string of the molecule is CCc1cc(Cl)c(O)c(C(O)CCN)c1. The molecule has 4 N–H and O–H groups in total. The third kappa shape index (κ3) is 2.84. The van der Waals surface area contributed by atoms with Gasteiger partial charge < -0.3 is 15.9 Å². The van der Waals surface area contributed by atoms with E-state index in [0.717, 1.165) is 12.0 Å². The monoisotopic (exact) mass is 229 g/mol. The summed E-state index contributed by atoms with van der Waals surface area (Å²) in [6, 6.07) is 3.47. The number of hydrogen-bond acceptors (Lipinski definition) is 3. The van der Waals surface area contributed by atoms with E-state index in [1.54, 1.807) is 12.1 Å². The fourth-order valence-corrected chi connectivity index (χ4v) is 1.70. The van der Waals surface area contributed by atoms with Crippen molar-refractivity contribution in [2.24, 2.45) is 5.73 Å². The highest BCUT2D eigenvalue weighted by molar-refractivity contribution is 6.32. The van der Waals surface area contributed by atoms with E-state index < -0.39 is 6.10 Å². The molecule has 0 aliphatic carbocycles. The van der Waals surface area contributed by atoms with Crippen molar-refractivity contribution < 1.29 is 10.2 Å².